The van der Waals surface area contributed by atoms with Crippen molar-refractivity contribution in [1.29, 1.82) is 0 Å². The molecule has 1 aliphatic carbocycles. The highest BCUT2D eigenvalue weighted by Crippen LogP contribution is 2.36. The molecule has 2 N–H and O–H groups in total. The molecule has 2 amide bonds. The smallest absolute Gasteiger partial charge is 0.408 e. The molecule has 0 radical (unpaired) electrons. The summed E-state index contributed by atoms with van der Waals surface area (Å²) in [6.07, 6.45) is 1.49. The molecule has 3 aliphatic rings. The molecule has 1 aromatic carbocycles. The summed E-state index contributed by atoms with van der Waals surface area (Å²) >= 11 is 0. The van der Waals surface area contributed by atoms with E-state index in [1.54, 1.807) is 6.20 Å². The Morgan fingerprint density at radius 2 is 1.87 bits per heavy atom. The molecular formula is C31H38F3N7O4. The van der Waals surface area contributed by atoms with Crippen LogP contribution in [0.5, 0.6) is 0 Å². The minimum atomic E-state index is -4.41. The fraction of sp³-hybridized carbons (Fsp3) is 0.581. The Hall–Kier alpha value is -3.94. The molecule has 2 saturated heterocycles. The van der Waals surface area contributed by atoms with E-state index in [0.717, 1.165) is 37.7 Å². The SMILES string of the molecule is O=C(N[C@H](c1cn2nc(C[C@H]3C[C@@H](C(F)(F)F)CNC3=O)c(N3CCOCC3)nc2n1)C1CCCCC1)OCc1ccccc1. The number of alkyl carbamates (subject to hydrolysis) is 1. The number of halogens is 3. The molecule has 1 saturated carbocycles. The number of nitrogens with one attached hydrogen (secondary N) is 2. The van der Waals surface area contributed by atoms with Crippen molar-refractivity contribution < 1.29 is 32.2 Å². The van der Waals surface area contributed by atoms with Gasteiger partial charge in [-0.1, -0.05) is 49.6 Å². The first-order valence-electron chi connectivity index (χ1n) is 15.6. The summed E-state index contributed by atoms with van der Waals surface area (Å²) in [6.45, 7) is 1.68. The number of alkyl halides is 3. The number of aromatic nitrogens is 4. The summed E-state index contributed by atoms with van der Waals surface area (Å²) < 4.78 is 53.2. The monoisotopic (exact) mass is 629 g/mol. The average Bonchev–Trinajstić information content (AvgIpc) is 3.46. The molecule has 11 nitrogen and oxygen atoms in total. The molecule has 3 atom stereocenters. The van der Waals surface area contributed by atoms with Gasteiger partial charge in [0.25, 0.3) is 5.78 Å². The van der Waals surface area contributed by atoms with Crippen molar-refractivity contribution in [2.75, 3.05) is 37.7 Å². The highest BCUT2D eigenvalue weighted by molar-refractivity contribution is 5.80. The quantitative estimate of drug-likeness (QED) is 0.377. The number of morpholine rings is 1. The number of imidazole rings is 1. The average molecular weight is 630 g/mol. The number of fused-ring (bicyclic) bond motifs is 1. The van der Waals surface area contributed by atoms with Crippen molar-refractivity contribution in [3.05, 3.63) is 53.5 Å². The van der Waals surface area contributed by atoms with Gasteiger partial charge in [0.05, 0.1) is 37.1 Å². The molecule has 2 aliphatic heterocycles. The molecule has 3 fully saturated rings. The maximum atomic E-state index is 13.6. The Labute approximate surface area is 258 Å². The Balaban J connectivity index is 1.29. The fourth-order valence-electron chi connectivity index (χ4n) is 6.53. The van der Waals surface area contributed by atoms with Gasteiger partial charge in [-0.2, -0.15) is 23.3 Å². The summed E-state index contributed by atoms with van der Waals surface area (Å²) in [7, 11) is 0. The van der Waals surface area contributed by atoms with E-state index in [-0.39, 0.29) is 25.4 Å². The number of anilines is 1. The van der Waals surface area contributed by atoms with Crippen molar-refractivity contribution in [2.24, 2.45) is 17.8 Å². The van der Waals surface area contributed by atoms with E-state index in [1.165, 1.54) is 4.52 Å². The maximum Gasteiger partial charge on any atom is 0.408 e. The molecule has 242 valence electrons. The lowest BCUT2D eigenvalue weighted by atomic mass is 9.83. The second-order valence-electron chi connectivity index (χ2n) is 12.1. The first-order valence-corrected chi connectivity index (χ1v) is 15.6. The lowest BCUT2D eigenvalue weighted by Crippen LogP contribution is -2.47. The van der Waals surface area contributed by atoms with Crippen LogP contribution in [-0.4, -0.2) is 70.6 Å². The van der Waals surface area contributed by atoms with Gasteiger partial charge in [-0.15, -0.1) is 0 Å². The van der Waals surface area contributed by atoms with Crippen LogP contribution >= 0.6 is 0 Å². The van der Waals surface area contributed by atoms with Crippen LogP contribution in [0.25, 0.3) is 5.78 Å². The fourth-order valence-corrected chi connectivity index (χ4v) is 6.53. The summed E-state index contributed by atoms with van der Waals surface area (Å²) in [4.78, 5) is 37.3. The van der Waals surface area contributed by atoms with Crippen LogP contribution < -0.4 is 15.5 Å². The predicted molar refractivity (Wildman–Crippen MR) is 157 cm³/mol. The van der Waals surface area contributed by atoms with E-state index in [9.17, 15) is 22.8 Å². The number of nitrogens with zero attached hydrogens (tertiary/aromatic N) is 5. The Kier molecular flexibility index (Phi) is 9.38. The molecular weight excluding hydrogens is 591 g/mol. The largest absolute Gasteiger partial charge is 0.445 e. The molecule has 6 rings (SSSR count). The third kappa shape index (κ3) is 7.48. The van der Waals surface area contributed by atoms with E-state index >= 15 is 0 Å². The van der Waals surface area contributed by atoms with Crippen molar-refractivity contribution in [1.82, 2.24) is 30.2 Å². The van der Waals surface area contributed by atoms with Crippen LogP contribution in [-0.2, 0) is 27.3 Å². The lowest BCUT2D eigenvalue weighted by Gasteiger charge is -2.32. The Morgan fingerprint density at radius 3 is 2.60 bits per heavy atom. The molecule has 14 heteroatoms. The lowest BCUT2D eigenvalue weighted by molar-refractivity contribution is -0.183. The standard InChI is InChI=1S/C31H38F3N7O4/c32-31(33,34)23-15-22(28(42)35-17-23)16-24-27(40-11-13-44-14-12-40)38-29-36-25(18-41(29)39-24)26(21-9-5-2-6-10-21)37-30(43)45-19-20-7-3-1-4-8-20/h1,3-4,7-8,18,21-23,26H,2,5-6,9-17,19H2,(H,35,42)(H,37,43)/t22-,23-,26+/m1/s1. The minimum Gasteiger partial charge on any atom is -0.445 e. The van der Waals surface area contributed by atoms with Gasteiger partial charge in [0, 0.05) is 32.0 Å². The van der Waals surface area contributed by atoms with E-state index < -0.39 is 42.6 Å². The highest BCUT2D eigenvalue weighted by Gasteiger charge is 2.45. The highest BCUT2D eigenvalue weighted by atomic mass is 19.4. The second kappa shape index (κ2) is 13.6. The number of hydrogen-bond donors (Lipinski definition) is 2. The zero-order valence-electron chi connectivity index (χ0n) is 25.0. The van der Waals surface area contributed by atoms with E-state index in [0.29, 0.717) is 49.3 Å². The number of benzene rings is 1. The van der Waals surface area contributed by atoms with E-state index in [2.05, 4.69) is 10.6 Å². The van der Waals surface area contributed by atoms with E-state index in [1.807, 2.05) is 35.2 Å². The van der Waals surface area contributed by atoms with Crippen LogP contribution in [0, 0.1) is 17.8 Å². The van der Waals surface area contributed by atoms with Gasteiger partial charge in [0.1, 0.15) is 12.3 Å². The predicted octanol–water partition coefficient (Wildman–Crippen LogP) is 4.37. The van der Waals surface area contributed by atoms with Gasteiger partial charge in [-0.25, -0.2) is 14.3 Å². The molecule has 0 bridgehead atoms. The first kappa shape index (κ1) is 31.1. The minimum absolute atomic E-state index is 0.00231. The number of hydrogen-bond acceptors (Lipinski definition) is 8. The maximum absolute atomic E-state index is 13.6. The number of amides is 2. The summed E-state index contributed by atoms with van der Waals surface area (Å²) in [6, 6.07) is 8.99. The number of ether oxygens (including phenoxy) is 2. The van der Waals surface area contributed by atoms with Gasteiger partial charge in [0.15, 0.2) is 5.82 Å². The van der Waals surface area contributed by atoms with Crippen molar-refractivity contribution in [3.63, 3.8) is 0 Å². The third-order valence-electron chi connectivity index (χ3n) is 8.98. The van der Waals surface area contributed by atoms with Crippen molar-refractivity contribution >= 4 is 23.6 Å². The molecule has 0 unspecified atom stereocenters. The third-order valence-corrected chi connectivity index (χ3v) is 8.98. The number of rotatable bonds is 8. The van der Waals surface area contributed by atoms with Gasteiger partial charge in [0.2, 0.25) is 5.91 Å². The number of carbonyl (C=O) groups excluding carboxylic acids is 2. The van der Waals surface area contributed by atoms with Crippen LogP contribution in [0.3, 0.4) is 0 Å². The zero-order valence-corrected chi connectivity index (χ0v) is 25.0. The Morgan fingerprint density at radius 1 is 1.11 bits per heavy atom. The van der Waals surface area contributed by atoms with Gasteiger partial charge in [-0.3, -0.25) is 4.79 Å². The first-order chi connectivity index (χ1) is 21.7. The summed E-state index contributed by atoms with van der Waals surface area (Å²) in [5.41, 5.74) is 1.87. The van der Waals surface area contributed by atoms with Crippen LogP contribution in [0.1, 0.15) is 61.5 Å². The van der Waals surface area contributed by atoms with E-state index in [4.69, 9.17) is 24.5 Å². The van der Waals surface area contributed by atoms with Crippen molar-refractivity contribution in [2.45, 2.75) is 63.8 Å². The van der Waals surface area contributed by atoms with Gasteiger partial charge in [-0.05, 0) is 30.7 Å². The molecule has 2 aromatic heterocycles. The number of carbonyl (C=O) groups is 2. The van der Waals surface area contributed by atoms with Crippen LogP contribution in [0.15, 0.2) is 36.5 Å². The van der Waals surface area contributed by atoms with Crippen LogP contribution in [0.4, 0.5) is 23.8 Å². The molecule has 45 heavy (non-hydrogen) atoms. The topological polar surface area (TPSA) is 123 Å². The molecule has 3 aromatic rings. The molecule has 0 spiro atoms. The summed E-state index contributed by atoms with van der Waals surface area (Å²) in [5, 5.41) is 10.2. The van der Waals surface area contributed by atoms with Gasteiger partial charge >= 0.3 is 12.3 Å². The number of piperidine rings is 1. The summed E-state index contributed by atoms with van der Waals surface area (Å²) in [5.74, 6) is -2.03. The van der Waals surface area contributed by atoms with Gasteiger partial charge < -0.3 is 25.0 Å². The van der Waals surface area contributed by atoms with Crippen molar-refractivity contribution in [3.8, 4) is 0 Å². The zero-order chi connectivity index (χ0) is 31.4. The Bertz CT molecular complexity index is 1470. The normalized spacial score (nSPS) is 22.2. The molecule has 4 heterocycles. The second-order valence-corrected chi connectivity index (χ2v) is 12.1. The van der Waals surface area contributed by atoms with Crippen LogP contribution in [0.2, 0.25) is 0 Å².